The molecule has 0 N–H and O–H groups in total. The number of carbonyl (C=O) groups is 1. The van der Waals surface area contributed by atoms with Crippen molar-refractivity contribution in [1.82, 2.24) is 0 Å². The molecular weight excluding hydrogens is 346 g/mol. The van der Waals surface area contributed by atoms with Gasteiger partial charge in [-0.1, -0.05) is 48.0 Å². The third-order valence-corrected chi connectivity index (χ3v) is 5.19. The standard InChI is InChI=1S/C23H24F2O2/c1-15-3-6-17(7-4-15)8-9-18-10-12-19(13-11-18)23(26)27-20-14-5-16(2)21(24)22(20)25/h3-9,14,18-19H,10-13H2,1-2H3/b9-8+. The van der Waals surface area contributed by atoms with Crippen LogP contribution in [0.15, 0.2) is 42.5 Å². The summed E-state index contributed by atoms with van der Waals surface area (Å²) in [5, 5.41) is 0. The van der Waals surface area contributed by atoms with Gasteiger partial charge in [0, 0.05) is 0 Å². The second-order valence-corrected chi connectivity index (χ2v) is 7.31. The molecule has 1 aliphatic rings. The number of aryl methyl sites for hydroxylation is 2. The van der Waals surface area contributed by atoms with Crippen LogP contribution in [0.2, 0.25) is 0 Å². The van der Waals surface area contributed by atoms with Crippen molar-refractivity contribution in [3.63, 3.8) is 0 Å². The zero-order valence-corrected chi connectivity index (χ0v) is 15.7. The second-order valence-electron chi connectivity index (χ2n) is 7.31. The summed E-state index contributed by atoms with van der Waals surface area (Å²) in [5.41, 5.74) is 2.59. The van der Waals surface area contributed by atoms with Crippen molar-refractivity contribution in [3.8, 4) is 5.75 Å². The first kappa shape index (κ1) is 19.3. The van der Waals surface area contributed by atoms with E-state index in [1.54, 1.807) is 0 Å². The predicted octanol–water partition coefficient (Wildman–Crippen LogP) is 6.01. The number of rotatable bonds is 4. The van der Waals surface area contributed by atoms with E-state index in [9.17, 15) is 13.6 Å². The SMILES string of the molecule is Cc1ccc(/C=C/C2CCC(C(=O)Oc3ccc(C)c(F)c3F)CC2)cc1. The van der Waals surface area contributed by atoms with Crippen molar-refractivity contribution in [1.29, 1.82) is 0 Å². The molecule has 4 heteroatoms. The van der Waals surface area contributed by atoms with Crippen LogP contribution in [0.25, 0.3) is 6.08 Å². The lowest BCUT2D eigenvalue weighted by atomic mass is 9.81. The van der Waals surface area contributed by atoms with Gasteiger partial charge in [0.2, 0.25) is 5.82 Å². The van der Waals surface area contributed by atoms with Crippen molar-refractivity contribution in [2.24, 2.45) is 11.8 Å². The number of hydrogen-bond acceptors (Lipinski definition) is 2. The normalized spacial score (nSPS) is 20.0. The Morgan fingerprint density at radius 3 is 2.30 bits per heavy atom. The first-order valence-corrected chi connectivity index (χ1v) is 9.35. The lowest BCUT2D eigenvalue weighted by molar-refractivity contribution is -0.140. The molecule has 2 aromatic carbocycles. The van der Waals surface area contributed by atoms with Crippen LogP contribution in [0.4, 0.5) is 8.78 Å². The maximum Gasteiger partial charge on any atom is 0.314 e. The molecule has 0 spiro atoms. The van der Waals surface area contributed by atoms with E-state index in [1.165, 1.54) is 30.2 Å². The highest BCUT2D eigenvalue weighted by molar-refractivity contribution is 5.75. The quantitative estimate of drug-likeness (QED) is 0.487. The minimum Gasteiger partial charge on any atom is -0.423 e. The first-order chi connectivity index (χ1) is 12.9. The summed E-state index contributed by atoms with van der Waals surface area (Å²) in [7, 11) is 0. The number of allylic oxidation sites excluding steroid dienone is 1. The average Bonchev–Trinajstić information content (AvgIpc) is 2.68. The predicted molar refractivity (Wildman–Crippen MR) is 102 cm³/mol. The Hall–Kier alpha value is -2.49. The Bertz CT molecular complexity index is 832. The average molecular weight is 370 g/mol. The van der Waals surface area contributed by atoms with Gasteiger partial charge < -0.3 is 4.74 Å². The summed E-state index contributed by atoms with van der Waals surface area (Å²) in [6.07, 6.45) is 7.46. The lowest BCUT2D eigenvalue weighted by Gasteiger charge is -2.25. The van der Waals surface area contributed by atoms with Gasteiger partial charge in [-0.3, -0.25) is 4.79 Å². The molecule has 3 rings (SSSR count). The third-order valence-electron chi connectivity index (χ3n) is 5.19. The van der Waals surface area contributed by atoms with Gasteiger partial charge in [-0.05, 0) is 62.6 Å². The van der Waals surface area contributed by atoms with Crippen LogP contribution in [0.5, 0.6) is 5.75 Å². The molecule has 0 atom stereocenters. The van der Waals surface area contributed by atoms with Gasteiger partial charge >= 0.3 is 5.97 Å². The topological polar surface area (TPSA) is 26.3 Å². The highest BCUT2D eigenvalue weighted by atomic mass is 19.2. The number of benzene rings is 2. The molecule has 1 fully saturated rings. The second kappa shape index (κ2) is 8.47. The van der Waals surface area contributed by atoms with Crippen LogP contribution in [0, 0.1) is 37.3 Å². The minimum atomic E-state index is -1.10. The van der Waals surface area contributed by atoms with Crippen LogP contribution in [0.3, 0.4) is 0 Å². The monoisotopic (exact) mass is 370 g/mol. The minimum absolute atomic E-state index is 0.188. The molecule has 0 heterocycles. The van der Waals surface area contributed by atoms with Crippen molar-refractivity contribution in [2.75, 3.05) is 0 Å². The van der Waals surface area contributed by atoms with Crippen molar-refractivity contribution in [2.45, 2.75) is 39.5 Å². The Balaban J connectivity index is 1.53. The maximum absolute atomic E-state index is 13.9. The summed E-state index contributed by atoms with van der Waals surface area (Å²) in [6.45, 7) is 3.53. The van der Waals surface area contributed by atoms with Gasteiger partial charge in [0.05, 0.1) is 5.92 Å². The van der Waals surface area contributed by atoms with Gasteiger partial charge in [-0.15, -0.1) is 0 Å². The highest BCUT2D eigenvalue weighted by Gasteiger charge is 2.28. The van der Waals surface area contributed by atoms with Crippen molar-refractivity contribution >= 4 is 12.0 Å². The van der Waals surface area contributed by atoms with Gasteiger partial charge in [0.25, 0.3) is 0 Å². The number of esters is 1. The molecule has 2 aromatic rings. The van der Waals surface area contributed by atoms with E-state index in [-0.39, 0.29) is 17.2 Å². The number of hydrogen-bond donors (Lipinski definition) is 0. The molecule has 0 bridgehead atoms. The summed E-state index contributed by atoms with van der Waals surface area (Å²) in [6, 6.07) is 11.1. The number of halogens is 2. The molecule has 27 heavy (non-hydrogen) atoms. The van der Waals surface area contributed by atoms with Gasteiger partial charge in [-0.25, -0.2) is 4.39 Å². The molecule has 0 unspecified atom stereocenters. The lowest BCUT2D eigenvalue weighted by Crippen LogP contribution is -2.25. The summed E-state index contributed by atoms with van der Waals surface area (Å²) in [4.78, 5) is 12.3. The van der Waals surface area contributed by atoms with E-state index in [1.807, 2.05) is 0 Å². The molecule has 0 amide bonds. The molecule has 0 aliphatic heterocycles. The Labute approximate surface area is 158 Å². The van der Waals surface area contributed by atoms with E-state index >= 15 is 0 Å². The largest absolute Gasteiger partial charge is 0.423 e. The number of ether oxygens (including phenoxy) is 1. The van der Waals surface area contributed by atoms with Crippen molar-refractivity contribution in [3.05, 3.63) is 70.8 Å². The Morgan fingerprint density at radius 2 is 1.63 bits per heavy atom. The summed E-state index contributed by atoms with van der Waals surface area (Å²) in [5.74, 6) is -2.72. The summed E-state index contributed by atoms with van der Waals surface area (Å²) < 4.78 is 32.6. The molecule has 142 valence electrons. The smallest absolute Gasteiger partial charge is 0.314 e. The van der Waals surface area contributed by atoms with Crippen LogP contribution in [0.1, 0.15) is 42.4 Å². The Morgan fingerprint density at radius 1 is 0.963 bits per heavy atom. The first-order valence-electron chi connectivity index (χ1n) is 9.35. The zero-order valence-electron chi connectivity index (χ0n) is 15.7. The molecule has 0 aromatic heterocycles. The molecule has 1 saturated carbocycles. The fraction of sp³-hybridized carbons (Fsp3) is 0.348. The van der Waals surface area contributed by atoms with E-state index in [4.69, 9.17) is 4.74 Å². The van der Waals surface area contributed by atoms with E-state index < -0.39 is 17.6 Å². The van der Waals surface area contributed by atoms with Gasteiger partial charge in [0.1, 0.15) is 0 Å². The fourth-order valence-electron chi connectivity index (χ4n) is 3.37. The van der Waals surface area contributed by atoms with E-state index in [0.29, 0.717) is 18.8 Å². The van der Waals surface area contributed by atoms with Crippen LogP contribution >= 0.6 is 0 Å². The zero-order chi connectivity index (χ0) is 19.4. The van der Waals surface area contributed by atoms with Gasteiger partial charge in [-0.2, -0.15) is 4.39 Å². The van der Waals surface area contributed by atoms with E-state index in [0.717, 1.165) is 12.8 Å². The van der Waals surface area contributed by atoms with E-state index in [2.05, 4.69) is 43.3 Å². The van der Waals surface area contributed by atoms with Crippen LogP contribution in [-0.4, -0.2) is 5.97 Å². The van der Waals surface area contributed by atoms with Crippen LogP contribution < -0.4 is 4.74 Å². The summed E-state index contributed by atoms with van der Waals surface area (Å²) >= 11 is 0. The fourth-order valence-corrected chi connectivity index (χ4v) is 3.37. The molecule has 2 nitrogen and oxygen atoms in total. The van der Waals surface area contributed by atoms with Crippen molar-refractivity contribution < 1.29 is 18.3 Å². The Kier molecular flexibility index (Phi) is 6.04. The maximum atomic E-state index is 13.9. The molecule has 0 radical (unpaired) electrons. The number of carbonyl (C=O) groups excluding carboxylic acids is 1. The highest BCUT2D eigenvalue weighted by Crippen LogP contribution is 2.32. The van der Waals surface area contributed by atoms with Crippen LogP contribution in [-0.2, 0) is 4.79 Å². The molecule has 1 aliphatic carbocycles. The van der Waals surface area contributed by atoms with Gasteiger partial charge in [0.15, 0.2) is 11.6 Å². The molecule has 0 saturated heterocycles. The molecular formula is C23H24F2O2. The third kappa shape index (κ3) is 4.82.